The Kier molecular flexibility index (Phi) is 6.63. The third kappa shape index (κ3) is 4.71. The van der Waals surface area contributed by atoms with Gasteiger partial charge in [0.15, 0.2) is 11.8 Å². The Hall–Kier alpha value is -2.95. The standard InChI is InChI=1S/C23H31N5O3/c1-14(2)19-11-17(18-12-25-28(15(3)4)20(18)26-19)22(30)31-16(5)21(29)27-23(13-24)9-7-6-8-10-23/h11-12,14-16H,6-10H2,1-5H3,(H,27,29)/t16-/m0/s1. The number of carbonyl (C=O) groups is 2. The van der Waals surface area contributed by atoms with Crippen LogP contribution in [0.15, 0.2) is 12.3 Å². The van der Waals surface area contributed by atoms with E-state index in [4.69, 9.17) is 4.74 Å². The Labute approximate surface area is 183 Å². The second kappa shape index (κ2) is 9.04. The highest BCUT2D eigenvalue weighted by Gasteiger charge is 2.35. The zero-order valence-electron chi connectivity index (χ0n) is 18.9. The van der Waals surface area contributed by atoms with E-state index in [2.05, 4.69) is 21.5 Å². The minimum Gasteiger partial charge on any atom is -0.449 e. The fourth-order valence-corrected chi connectivity index (χ4v) is 3.92. The minimum absolute atomic E-state index is 0.0821. The van der Waals surface area contributed by atoms with Gasteiger partial charge in [-0.1, -0.05) is 33.1 Å². The van der Waals surface area contributed by atoms with E-state index in [0.717, 1.165) is 25.0 Å². The van der Waals surface area contributed by atoms with Crippen molar-refractivity contribution >= 4 is 22.9 Å². The van der Waals surface area contributed by atoms with Crippen molar-refractivity contribution in [3.63, 3.8) is 0 Å². The van der Waals surface area contributed by atoms with Gasteiger partial charge in [0.1, 0.15) is 5.54 Å². The molecule has 2 aromatic rings. The van der Waals surface area contributed by atoms with Crippen LogP contribution in [0.4, 0.5) is 0 Å². The van der Waals surface area contributed by atoms with Crippen LogP contribution in [0.3, 0.4) is 0 Å². The molecule has 2 aromatic heterocycles. The average molecular weight is 426 g/mol. The van der Waals surface area contributed by atoms with E-state index in [1.54, 1.807) is 16.9 Å². The van der Waals surface area contributed by atoms with Crippen LogP contribution in [0.25, 0.3) is 11.0 Å². The number of nitriles is 1. The van der Waals surface area contributed by atoms with Crippen molar-refractivity contribution in [2.45, 2.75) is 90.3 Å². The van der Waals surface area contributed by atoms with Crippen LogP contribution < -0.4 is 5.32 Å². The summed E-state index contributed by atoms with van der Waals surface area (Å²) in [6, 6.07) is 4.05. The van der Waals surface area contributed by atoms with Crippen LogP contribution in [0, 0.1) is 11.3 Å². The molecule has 31 heavy (non-hydrogen) atoms. The number of rotatable bonds is 6. The van der Waals surface area contributed by atoms with Crippen molar-refractivity contribution in [2.24, 2.45) is 0 Å². The summed E-state index contributed by atoms with van der Waals surface area (Å²) < 4.78 is 7.29. The molecule has 0 radical (unpaired) electrons. The van der Waals surface area contributed by atoms with E-state index in [1.165, 1.54) is 6.92 Å². The lowest BCUT2D eigenvalue weighted by molar-refractivity contribution is -0.130. The molecule has 1 saturated carbocycles. The molecular weight excluding hydrogens is 394 g/mol. The van der Waals surface area contributed by atoms with Gasteiger partial charge in [0.2, 0.25) is 0 Å². The van der Waals surface area contributed by atoms with Crippen LogP contribution >= 0.6 is 0 Å². The Morgan fingerprint density at radius 1 is 1.19 bits per heavy atom. The Bertz CT molecular complexity index is 1010. The van der Waals surface area contributed by atoms with Gasteiger partial charge < -0.3 is 10.1 Å². The quantitative estimate of drug-likeness (QED) is 0.700. The van der Waals surface area contributed by atoms with Crippen molar-refractivity contribution in [3.05, 3.63) is 23.5 Å². The first-order chi connectivity index (χ1) is 14.7. The molecule has 1 N–H and O–H groups in total. The first kappa shape index (κ1) is 22.7. The number of carbonyl (C=O) groups excluding carboxylic acids is 2. The molecule has 0 saturated heterocycles. The minimum atomic E-state index is -1.02. The summed E-state index contributed by atoms with van der Waals surface area (Å²) in [7, 11) is 0. The zero-order valence-corrected chi connectivity index (χ0v) is 18.9. The molecule has 0 aromatic carbocycles. The normalized spacial score (nSPS) is 16.8. The molecule has 0 aliphatic heterocycles. The molecule has 1 aliphatic rings. The van der Waals surface area contributed by atoms with Crippen molar-refractivity contribution in [3.8, 4) is 6.07 Å². The maximum Gasteiger partial charge on any atom is 0.339 e. The van der Waals surface area contributed by atoms with E-state index in [-0.39, 0.29) is 12.0 Å². The van der Waals surface area contributed by atoms with Crippen molar-refractivity contribution < 1.29 is 14.3 Å². The number of esters is 1. The van der Waals surface area contributed by atoms with Crippen LogP contribution in [-0.4, -0.2) is 38.3 Å². The second-order valence-electron chi connectivity index (χ2n) is 8.96. The fourth-order valence-electron chi connectivity index (χ4n) is 3.92. The largest absolute Gasteiger partial charge is 0.449 e. The molecule has 0 bridgehead atoms. The number of nitrogens with one attached hydrogen (secondary N) is 1. The molecule has 8 heteroatoms. The third-order valence-electron chi connectivity index (χ3n) is 5.82. The van der Waals surface area contributed by atoms with Gasteiger partial charge in [-0.25, -0.2) is 14.5 Å². The lowest BCUT2D eigenvalue weighted by atomic mass is 9.83. The number of ether oxygens (including phenoxy) is 1. The van der Waals surface area contributed by atoms with Gasteiger partial charge in [-0.3, -0.25) is 4.79 Å². The average Bonchev–Trinajstić information content (AvgIpc) is 3.17. The highest BCUT2D eigenvalue weighted by atomic mass is 16.5. The molecule has 1 amide bonds. The van der Waals surface area contributed by atoms with Gasteiger partial charge in [-0.15, -0.1) is 0 Å². The predicted octanol–water partition coefficient (Wildman–Crippen LogP) is 4.02. The van der Waals surface area contributed by atoms with E-state index in [0.29, 0.717) is 29.4 Å². The first-order valence-corrected chi connectivity index (χ1v) is 11.0. The van der Waals surface area contributed by atoms with E-state index >= 15 is 0 Å². The fraction of sp³-hybridized carbons (Fsp3) is 0.609. The molecule has 0 spiro atoms. The lowest BCUT2D eigenvalue weighted by Gasteiger charge is -2.32. The number of nitrogens with zero attached hydrogens (tertiary/aromatic N) is 4. The number of fused-ring (bicyclic) bond motifs is 1. The molecule has 1 atom stereocenters. The summed E-state index contributed by atoms with van der Waals surface area (Å²) in [5.74, 6) is -0.951. The van der Waals surface area contributed by atoms with Crippen LogP contribution in [0.5, 0.6) is 0 Å². The molecule has 1 aliphatic carbocycles. The van der Waals surface area contributed by atoms with Crippen molar-refractivity contribution in [1.29, 1.82) is 5.26 Å². The highest BCUT2D eigenvalue weighted by molar-refractivity contribution is 6.03. The number of amides is 1. The number of hydrogen-bond acceptors (Lipinski definition) is 6. The summed E-state index contributed by atoms with van der Waals surface area (Å²) in [4.78, 5) is 30.4. The molecule has 8 nitrogen and oxygen atoms in total. The summed E-state index contributed by atoms with van der Waals surface area (Å²) in [5.41, 5.74) is 0.844. The topological polar surface area (TPSA) is 110 Å². The Morgan fingerprint density at radius 2 is 1.87 bits per heavy atom. The lowest BCUT2D eigenvalue weighted by Crippen LogP contribution is -2.52. The SMILES string of the molecule is CC(C)c1cc(C(=O)O[C@@H](C)C(=O)NC2(C#N)CCCCC2)c2cnn(C(C)C)c2n1. The Morgan fingerprint density at radius 3 is 2.45 bits per heavy atom. The highest BCUT2D eigenvalue weighted by Crippen LogP contribution is 2.28. The Balaban J connectivity index is 1.84. The smallest absolute Gasteiger partial charge is 0.339 e. The second-order valence-corrected chi connectivity index (χ2v) is 8.96. The number of hydrogen-bond donors (Lipinski definition) is 1. The van der Waals surface area contributed by atoms with Crippen molar-refractivity contribution in [2.75, 3.05) is 0 Å². The monoisotopic (exact) mass is 425 g/mol. The maximum absolute atomic E-state index is 13.0. The summed E-state index contributed by atoms with van der Waals surface area (Å²) >= 11 is 0. The van der Waals surface area contributed by atoms with Gasteiger partial charge >= 0.3 is 5.97 Å². The molecule has 166 valence electrons. The third-order valence-corrected chi connectivity index (χ3v) is 5.82. The molecule has 3 rings (SSSR count). The molecule has 1 fully saturated rings. The summed E-state index contributed by atoms with van der Waals surface area (Å²) in [6.07, 6.45) is 4.68. The van der Waals surface area contributed by atoms with Gasteiger partial charge in [-0.2, -0.15) is 10.4 Å². The summed E-state index contributed by atoms with van der Waals surface area (Å²) in [6.45, 7) is 9.52. The number of aromatic nitrogens is 3. The van der Waals surface area contributed by atoms with Crippen molar-refractivity contribution in [1.82, 2.24) is 20.1 Å². The summed E-state index contributed by atoms with van der Waals surface area (Å²) in [5, 5.41) is 17.4. The zero-order chi connectivity index (χ0) is 22.8. The maximum atomic E-state index is 13.0. The van der Waals surface area contributed by atoms with E-state index in [1.807, 2.05) is 27.7 Å². The number of pyridine rings is 1. The van der Waals surface area contributed by atoms with E-state index < -0.39 is 23.5 Å². The molecule has 0 unspecified atom stereocenters. The van der Waals surface area contributed by atoms with Gasteiger partial charge in [0.05, 0.1) is 23.2 Å². The van der Waals surface area contributed by atoms with Gasteiger partial charge in [0, 0.05) is 11.7 Å². The predicted molar refractivity (Wildman–Crippen MR) is 116 cm³/mol. The van der Waals surface area contributed by atoms with Gasteiger partial charge in [0.25, 0.3) is 5.91 Å². The van der Waals surface area contributed by atoms with E-state index in [9.17, 15) is 14.9 Å². The van der Waals surface area contributed by atoms with Crippen LogP contribution in [-0.2, 0) is 9.53 Å². The molecular formula is C23H31N5O3. The first-order valence-electron chi connectivity index (χ1n) is 11.0. The van der Waals surface area contributed by atoms with Crippen LogP contribution in [0.2, 0.25) is 0 Å². The van der Waals surface area contributed by atoms with Gasteiger partial charge in [-0.05, 0) is 45.6 Å². The molecule has 2 heterocycles. The van der Waals surface area contributed by atoms with Crippen LogP contribution in [0.1, 0.15) is 94.7 Å².